The number of nitrogens with zero attached hydrogens (tertiary/aromatic N) is 4. The monoisotopic (exact) mass is 389 g/mol. The molecular formula is C19H11N5O3S. The van der Waals surface area contributed by atoms with Gasteiger partial charge in [-0.15, -0.1) is 11.3 Å². The summed E-state index contributed by atoms with van der Waals surface area (Å²) in [6, 6.07) is 12.5. The molecule has 136 valence electrons. The molecule has 1 aliphatic heterocycles. The highest BCUT2D eigenvalue weighted by Crippen LogP contribution is 2.45. The number of carboxylic acid groups (broad SMARTS) is 1. The molecule has 4 aromatic rings. The standard InChI is InChI=1S/C19H11N5O3S/c25-18(26)16-15-14-12(6-7-20-17(14)28-16)24(19(27)23-15)13-8-11(21-9-22-13)10-4-2-1-3-5-10/h1-9H,(H,23,27)(H,25,26). The molecule has 5 rings (SSSR count). The molecule has 0 spiro atoms. The lowest BCUT2D eigenvalue weighted by atomic mass is 10.1. The Morgan fingerprint density at radius 3 is 2.71 bits per heavy atom. The number of urea groups is 1. The van der Waals surface area contributed by atoms with Crippen molar-refractivity contribution in [3.63, 3.8) is 0 Å². The van der Waals surface area contributed by atoms with E-state index >= 15 is 0 Å². The van der Waals surface area contributed by atoms with E-state index in [1.807, 2.05) is 30.3 Å². The molecule has 0 atom stereocenters. The highest BCUT2D eigenvalue weighted by Gasteiger charge is 2.33. The fourth-order valence-corrected chi connectivity index (χ4v) is 4.16. The lowest BCUT2D eigenvalue weighted by Gasteiger charge is -2.27. The largest absolute Gasteiger partial charge is 0.477 e. The van der Waals surface area contributed by atoms with Gasteiger partial charge >= 0.3 is 12.0 Å². The summed E-state index contributed by atoms with van der Waals surface area (Å²) >= 11 is 1.03. The second kappa shape index (κ2) is 6.10. The van der Waals surface area contributed by atoms with Crippen molar-refractivity contribution in [1.29, 1.82) is 0 Å². The third-order valence-corrected chi connectivity index (χ3v) is 5.48. The van der Waals surface area contributed by atoms with Crippen LogP contribution in [0.3, 0.4) is 0 Å². The highest BCUT2D eigenvalue weighted by atomic mass is 32.1. The average molecular weight is 389 g/mol. The van der Waals surface area contributed by atoms with Crippen LogP contribution >= 0.6 is 11.3 Å². The summed E-state index contributed by atoms with van der Waals surface area (Å²) in [6.45, 7) is 0. The van der Waals surface area contributed by atoms with Gasteiger partial charge in [-0.05, 0) is 6.07 Å². The molecule has 9 heteroatoms. The van der Waals surface area contributed by atoms with Gasteiger partial charge < -0.3 is 10.4 Å². The number of amides is 2. The molecular weight excluding hydrogens is 378 g/mol. The van der Waals surface area contributed by atoms with Crippen molar-refractivity contribution in [1.82, 2.24) is 15.0 Å². The molecule has 0 fully saturated rings. The first-order chi connectivity index (χ1) is 13.6. The number of rotatable bonds is 3. The lowest BCUT2D eigenvalue weighted by Crippen LogP contribution is -2.34. The highest BCUT2D eigenvalue weighted by molar-refractivity contribution is 7.21. The van der Waals surface area contributed by atoms with Crippen LogP contribution in [0.25, 0.3) is 21.5 Å². The van der Waals surface area contributed by atoms with Crippen LogP contribution in [0.2, 0.25) is 0 Å². The van der Waals surface area contributed by atoms with E-state index in [1.54, 1.807) is 18.3 Å². The number of aromatic nitrogens is 3. The van der Waals surface area contributed by atoms with E-state index in [0.717, 1.165) is 16.9 Å². The van der Waals surface area contributed by atoms with Gasteiger partial charge in [-0.2, -0.15) is 0 Å². The quantitative estimate of drug-likeness (QED) is 0.545. The molecule has 8 nitrogen and oxygen atoms in total. The fourth-order valence-electron chi connectivity index (χ4n) is 3.20. The smallest absolute Gasteiger partial charge is 0.348 e. The van der Waals surface area contributed by atoms with Gasteiger partial charge in [0.05, 0.1) is 22.5 Å². The Kier molecular flexibility index (Phi) is 3.56. The van der Waals surface area contributed by atoms with Crippen LogP contribution in [-0.4, -0.2) is 32.1 Å². The molecule has 0 saturated heterocycles. The van der Waals surface area contributed by atoms with Crippen LogP contribution in [0, 0.1) is 0 Å². The number of thiophene rings is 1. The Hall–Kier alpha value is -3.85. The van der Waals surface area contributed by atoms with E-state index in [4.69, 9.17) is 0 Å². The Labute approximate surface area is 162 Å². The maximum atomic E-state index is 12.9. The Balaban J connectivity index is 1.70. The summed E-state index contributed by atoms with van der Waals surface area (Å²) in [5.41, 5.74) is 2.37. The number of pyridine rings is 1. The predicted molar refractivity (Wildman–Crippen MR) is 105 cm³/mol. The molecule has 0 unspecified atom stereocenters. The van der Waals surface area contributed by atoms with Crippen molar-refractivity contribution in [2.24, 2.45) is 0 Å². The number of anilines is 3. The van der Waals surface area contributed by atoms with Crippen LogP contribution < -0.4 is 10.2 Å². The first-order valence-electron chi connectivity index (χ1n) is 8.27. The van der Waals surface area contributed by atoms with E-state index in [1.165, 1.54) is 11.2 Å². The van der Waals surface area contributed by atoms with Crippen molar-refractivity contribution in [3.8, 4) is 11.3 Å². The maximum absolute atomic E-state index is 12.9. The molecule has 0 bridgehead atoms. The third-order valence-electron chi connectivity index (χ3n) is 4.39. The third kappa shape index (κ3) is 2.41. The van der Waals surface area contributed by atoms with Gasteiger partial charge in [0.2, 0.25) is 0 Å². The van der Waals surface area contributed by atoms with Gasteiger partial charge in [0.25, 0.3) is 0 Å². The zero-order valence-corrected chi connectivity index (χ0v) is 15.0. The SMILES string of the molecule is O=C(O)c1sc2nccc3c2c1NC(=O)N3c1cc(-c2ccccc2)ncn1. The summed E-state index contributed by atoms with van der Waals surface area (Å²) in [5.74, 6) is -0.723. The minimum atomic E-state index is -1.11. The Morgan fingerprint density at radius 1 is 1.11 bits per heavy atom. The molecule has 2 N–H and O–H groups in total. The molecule has 1 aliphatic rings. The van der Waals surface area contributed by atoms with Gasteiger partial charge in [0, 0.05) is 17.8 Å². The summed E-state index contributed by atoms with van der Waals surface area (Å²) in [5, 5.41) is 12.7. The van der Waals surface area contributed by atoms with Crippen molar-refractivity contribution in [3.05, 3.63) is 59.9 Å². The second-order valence-corrected chi connectivity index (χ2v) is 7.01. The zero-order chi connectivity index (χ0) is 19.3. The van der Waals surface area contributed by atoms with Gasteiger partial charge in [-0.1, -0.05) is 30.3 Å². The molecule has 0 aliphatic carbocycles. The molecule has 1 aromatic carbocycles. The zero-order valence-electron chi connectivity index (χ0n) is 14.2. The van der Waals surface area contributed by atoms with E-state index in [0.29, 0.717) is 27.4 Å². The topological polar surface area (TPSA) is 108 Å². The molecule has 28 heavy (non-hydrogen) atoms. The number of benzene rings is 1. The Morgan fingerprint density at radius 2 is 1.93 bits per heavy atom. The minimum absolute atomic E-state index is 0.0515. The van der Waals surface area contributed by atoms with Crippen LogP contribution in [-0.2, 0) is 0 Å². The van der Waals surface area contributed by atoms with Gasteiger partial charge in [-0.3, -0.25) is 0 Å². The first-order valence-corrected chi connectivity index (χ1v) is 9.08. The number of carbonyl (C=O) groups excluding carboxylic acids is 1. The van der Waals surface area contributed by atoms with E-state index in [-0.39, 0.29) is 10.6 Å². The van der Waals surface area contributed by atoms with Crippen LogP contribution in [0.5, 0.6) is 0 Å². The van der Waals surface area contributed by atoms with Gasteiger partial charge in [-0.25, -0.2) is 29.4 Å². The predicted octanol–water partition coefficient (Wildman–Crippen LogP) is 4.14. The average Bonchev–Trinajstić information content (AvgIpc) is 3.09. The number of carbonyl (C=O) groups is 2. The summed E-state index contributed by atoms with van der Waals surface area (Å²) in [6.07, 6.45) is 2.95. The number of carboxylic acids is 1. The lowest BCUT2D eigenvalue weighted by molar-refractivity contribution is 0.0703. The van der Waals surface area contributed by atoms with Crippen LogP contribution in [0.4, 0.5) is 22.0 Å². The minimum Gasteiger partial charge on any atom is -0.477 e. The first kappa shape index (κ1) is 16.3. The van der Waals surface area contributed by atoms with E-state index < -0.39 is 12.0 Å². The molecule has 0 radical (unpaired) electrons. The molecule has 2 amide bonds. The summed E-state index contributed by atoms with van der Waals surface area (Å²) in [7, 11) is 0. The van der Waals surface area contributed by atoms with Crippen molar-refractivity contribution < 1.29 is 14.7 Å². The van der Waals surface area contributed by atoms with Crippen LogP contribution in [0.15, 0.2) is 55.0 Å². The van der Waals surface area contributed by atoms with E-state index in [9.17, 15) is 14.7 Å². The fraction of sp³-hybridized carbons (Fsp3) is 0. The maximum Gasteiger partial charge on any atom is 0.348 e. The molecule has 4 heterocycles. The molecule has 3 aromatic heterocycles. The summed E-state index contributed by atoms with van der Waals surface area (Å²) in [4.78, 5) is 39.2. The number of hydrogen-bond acceptors (Lipinski definition) is 6. The Bertz CT molecular complexity index is 1260. The summed E-state index contributed by atoms with van der Waals surface area (Å²) < 4.78 is 0. The normalized spacial score (nSPS) is 12.9. The second-order valence-electron chi connectivity index (χ2n) is 6.01. The number of aromatic carboxylic acids is 1. The van der Waals surface area contributed by atoms with Gasteiger partial charge in [0.1, 0.15) is 21.9 Å². The van der Waals surface area contributed by atoms with Crippen molar-refractivity contribution in [2.45, 2.75) is 0 Å². The number of hydrogen-bond donors (Lipinski definition) is 2. The number of nitrogens with one attached hydrogen (secondary N) is 1. The van der Waals surface area contributed by atoms with Crippen molar-refractivity contribution >= 4 is 50.7 Å². The van der Waals surface area contributed by atoms with E-state index in [2.05, 4.69) is 20.3 Å². The molecule has 0 saturated carbocycles. The van der Waals surface area contributed by atoms with Gasteiger partial charge in [0.15, 0.2) is 0 Å². The van der Waals surface area contributed by atoms with Crippen LogP contribution in [0.1, 0.15) is 9.67 Å². The van der Waals surface area contributed by atoms with Crippen molar-refractivity contribution in [2.75, 3.05) is 10.2 Å².